The molecule has 2 aromatic heterocycles. The van der Waals surface area contributed by atoms with Crippen LogP contribution in [0.5, 0.6) is 0 Å². The number of aromatic nitrogens is 5. The van der Waals surface area contributed by atoms with Crippen molar-refractivity contribution in [3.05, 3.63) is 30.1 Å². The molecule has 1 atom stereocenters. The molecular formula is C15H23N7O. The topological polar surface area (TPSA) is 80.9 Å². The first kappa shape index (κ1) is 15.5. The third-order valence-electron chi connectivity index (χ3n) is 4.27. The number of amides is 2. The van der Waals surface area contributed by atoms with Crippen molar-refractivity contribution in [3.63, 3.8) is 0 Å². The Kier molecular flexibility index (Phi) is 4.59. The molecule has 124 valence electrons. The Bertz CT molecular complexity index is 662. The summed E-state index contributed by atoms with van der Waals surface area (Å²) in [5, 5.41) is 15.2. The van der Waals surface area contributed by atoms with Gasteiger partial charge in [0.15, 0.2) is 0 Å². The summed E-state index contributed by atoms with van der Waals surface area (Å²) in [5.74, 6) is 1.22. The summed E-state index contributed by atoms with van der Waals surface area (Å²) in [6.07, 6.45) is 8.34. The minimum absolute atomic E-state index is 0.000702. The molecule has 1 fully saturated rings. The SMILES string of the molecule is Cn1cc(CCNC(=O)N2CCC[C@H](c3nncn3C)C2)cn1. The van der Waals surface area contributed by atoms with Gasteiger partial charge in [0.2, 0.25) is 0 Å². The molecule has 0 spiro atoms. The number of urea groups is 1. The largest absolute Gasteiger partial charge is 0.338 e. The smallest absolute Gasteiger partial charge is 0.317 e. The number of hydrogen-bond acceptors (Lipinski definition) is 4. The highest BCUT2D eigenvalue weighted by molar-refractivity contribution is 5.74. The van der Waals surface area contributed by atoms with Crippen LogP contribution in [0.15, 0.2) is 18.7 Å². The molecule has 1 N–H and O–H groups in total. The van der Waals surface area contributed by atoms with E-state index in [1.165, 1.54) is 0 Å². The van der Waals surface area contributed by atoms with Crippen molar-refractivity contribution in [3.8, 4) is 0 Å². The standard InChI is InChI=1S/C15H23N7O/c1-20-11-17-19-14(20)13-4-3-7-22(10-13)15(23)16-6-5-12-8-18-21(2)9-12/h8-9,11,13H,3-7,10H2,1-2H3,(H,16,23)/t13-/m0/s1. The molecule has 0 saturated carbocycles. The highest BCUT2D eigenvalue weighted by Gasteiger charge is 2.27. The van der Waals surface area contributed by atoms with Crippen LogP contribution in [-0.4, -0.2) is 55.1 Å². The van der Waals surface area contributed by atoms with E-state index in [4.69, 9.17) is 0 Å². The first-order valence-electron chi connectivity index (χ1n) is 7.97. The van der Waals surface area contributed by atoms with E-state index >= 15 is 0 Å². The van der Waals surface area contributed by atoms with Gasteiger partial charge in [0, 0.05) is 45.8 Å². The minimum Gasteiger partial charge on any atom is -0.338 e. The van der Waals surface area contributed by atoms with Crippen LogP contribution >= 0.6 is 0 Å². The first-order chi connectivity index (χ1) is 11.1. The molecular weight excluding hydrogens is 294 g/mol. The Hall–Kier alpha value is -2.38. The third-order valence-corrected chi connectivity index (χ3v) is 4.27. The van der Waals surface area contributed by atoms with Gasteiger partial charge in [-0.2, -0.15) is 5.10 Å². The molecule has 3 heterocycles. The van der Waals surface area contributed by atoms with E-state index in [9.17, 15) is 4.79 Å². The van der Waals surface area contributed by atoms with Crippen LogP contribution in [0.4, 0.5) is 4.79 Å². The van der Waals surface area contributed by atoms with E-state index in [0.717, 1.165) is 37.2 Å². The van der Waals surface area contributed by atoms with Crippen molar-refractivity contribution in [2.45, 2.75) is 25.2 Å². The van der Waals surface area contributed by atoms with Gasteiger partial charge in [-0.05, 0) is 24.8 Å². The lowest BCUT2D eigenvalue weighted by molar-refractivity contribution is 0.178. The number of aryl methyl sites for hydroxylation is 2. The maximum absolute atomic E-state index is 12.3. The molecule has 8 nitrogen and oxygen atoms in total. The van der Waals surface area contributed by atoms with E-state index in [-0.39, 0.29) is 11.9 Å². The van der Waals surface area contributed by atoms with E-state index in [0.29, 0.717) is 13.1 Å². The van der Waals surface area contributed by atoms with Crippen LogP contribution in [0, 0.1) is 0 Å². The quantitative estimate of drug-likeness (QED) is 0.899. The van der Waals surface area contributed by atoms with Crippen LogP contribution in [0.3, 0.4) is 0 Å². The van der Waals surface area contributed by atoms with Gasteiger partial charge in [0.1, 0.15) is 12.2 Å². The zero-order chi connectivity index (χ0) is 16.2. The van der Waals surface area contributed by atoms with Gasteiger partial charge in [0.25, 0.3) is 0 Å². The second kappa shape index (κ2) is 6.80. The summed E-state index contributed by atoms with van der Waals surface area (Å²) in [4.78, 5) is 14.2. The molecule has 3 rings (SSSR count). The van der Waals surface area contributed by atoms with Crippen molar-refractivity contribution in [1.82, 2.24) is 34.8 Å². The van der Waals surface area contributed by atoms with Gasteiger partial charge in [-0.15, -0.1) is 10.2 Å². The summed E-state index contributed by atoms with van der Waals surface area (Å²) in [6, 6.07) is 0.000702. The number of nitrogens with one attached hydrogen (secondary N) is 1. The minimum atomic E-state index is 0.000702. The van der Waals surface area contributed by atoms with Gasteiger partial charge in [-0.25, -0.2) is 4.79 Å². The summed E-state index contributed by atoms with van der Waals surface area (Å²) in [5.41, 5.74) is 1.13. The summed E-state index contributed by atoms with van der Waals surface area (Å²) < 4.78 is 3.71. The zero-order valence-corrected chi connectivity index (χ0v) is 13.6. The van der Waals surface area contributed by atoms with Crippen molar-refractivity contribution < 1.29 is 4.79 Å². The predicted octanol–water partition coefficient (Wildman–Crippen LogP) is 0.680. The van der Waals surface area contributed by atoms with Gasteiger partial charge < -0.3 is 14.8 Å². The maximum Gasteiger partial charge on any atom is 0.317 e. The highest BCUT2D eigenvalue weighted by atomic mass is 16.2. The molecule has 0 bridgehead atoms. The Morgan fingerprint density at radius 3 is 3.00 bits per heavy atom. The molecule has 1 saturated heterocycles. The van der Waals surface area contributed by atoms with Crippen molar-refractivity contribution in [2.24, 2.45) is 14.1 Å². The fourth-order valence-electron chi connectivity index (χ4n) is 3.06. The third kappa shape index (κ3) is 3.69. The lowest BCUT2D eigenvalue weighted by Gasteiger charge is -2.32. The number of carbonyl (C=O) groups is 1. The normalized spacial score (nSPS) is 18.2. The lowest BCUT2D eigenvalue weighted by Crippen LogP contribution is -2.45. The zero-order valence-electron chi connectivity index (χ0n) is 13.6. The Balaban J connectivity index is 1.50. The molecule has 0 aliphatic carbocycles. The molecule has 23 heavy (non-hydrogen) atoms. The van der Waals surface area contributed by atoms with Crippen LogP contribution < -0.4 is 5.32 Å². The van der Waals surface area contributed by atoms with Gasteiger partial charge in [-0.1, -0.05) is 0 Å². The first-order valence-corrected chi connectivity index (χ1v) is 7.97. The maximum atomic E-state index is 12.3. The fourth-order valence-corrected chi connectivity index (χ4v) is 3.06. The molecule has 0 aromatic carbocycles. The second-order valence-electron chi connectivity index (χ2n) is 6.09. The average molecular weight is 317 g/mol. The summed E-state index contributed by atoms with van der Waals surface area (Å²) >= 11 is 0. The van der Waals surface area contributed by atoms with Crippen molar-refractivity contribution in [1.29, 1.82) is 0 Å². The van der Waals surface area contributed by atoms with E-state index < -0.39 is 0 Å². The van der Waals surface area contributed by atoms with Crippen LogP contribution in [-0.2, 0) is 20.5 Å². The summed E-state index contributed by atoms with van der Waals surface area (Å²) in [6.45, 7) is 2.12. The van der Waals surface area contributed by atoms with E-state index in [1.54, 1.807) is 11.0 Å². The number of carbonyl (C=O) groups excluding carboxylic acids is 1. The molecule has 1 aliphatic heterocycles. The number of nitrogens with zero attached hydrogens (tertiary/aromatic N) is 6. The lowest BCUT2D eigenvalue weighted by atomic mass is 9.97. The second-order valence-corrected chi connectivity index (χ2v) is 6.09. The molecule has 0 radical (unpaired) electrons. The molecule has 2 aromatic rings. The van der Waals surface area contributed by atoms with Crippen molar-refractivity contribution >= 4 is 6.03 Å². The number of hydrogen-bond donors (Lipinski definition) is 1. The molecule has 2 amide bonds. The van der Waals surface area contributed by atoms with E-state index in [2.05, 4.69) is 20.6 Å². The van der Waals surface area contributed by atoms with Crippen LogP contribution in [0.1, 0.15) is 30.1 Å². The number of likely N-dealkylation sites (tertiary alicyclic amines) is 1. The monoisotopic (exact) mass is 317 g/mol. The molecule has 8 heteroatoms. The van der Waals surface area contributed by atoms with Gasteiger partial charge in [0.05, 0.1) is 6.20 Å². The van der Waals surface area contributed by atoms with Crippen LogP contribution in [0.25, 0.3) is 0 Å². The molecule has 0 unspecified atom stereocenters. The van der Waals surface area contributed by atoms with Crippen LogP contribution in [0.2, 0.25) is 0 Å². The Labute approximate surface area is 135 Å². The highest BCUT2D eigenvalue weighted by Crippen LogP contribution is 2.24. The van der Waals surface area contributed by atoms with E-state index in [1.807, 2.05) is 36.0 Å². The molecule has 1 aliphatic rings. The summed E-state index contributed by atoms with van der Waals surface area (Å²) in [7, 11) is 3.84. The predicted molar refractivity (Wildman–Crippen MR) is 84.9 cm³/mol. The van der Waals surface area contributed by atoms with Crippen molar-refractivity contribution in [2.75, 3.05) is 19.6 Å². The Morgan fingerprint density at radius 1 is 1.43 bits per heavy atom. The Morgan fingerprint density at radius 2 is 2.30 bits per heavy atom. The fraction of sp³-hybridized carbons (Fsp3) is 0.600. The number of rotatable bonds is 4. The van der Waals surface area contributed by atoms with Gasteiger partial charge in [-0.3, -0.25) is 4.68 Å². The number of piperidine rings is 1. The van der Waals surface area contributed by atoms with Gasteiger partial charge >= 0.3 is 6.03 Å². The average Bonchev–Trinajstić information content (AvgIpc) is 3.16.